The van der Waals surface area contributed by atoms with Crippen molar-refractivity contribution >= 4 is 24.0 Å². The summed E-state index contributed by atoms with van der Waals surface area (Å²) in [6.07, 6.45) is 5.40. The first-order chi connectivity index (χ1) is 18.2. The Balaban J connectivity index is 1.38. The third-order valence-corrected chi connectivity index (χ3v) is 7.40. The number of aromatic amines is 1. The van der Waals surface area contributed by atoms with Crippen molar-refractivity contribution < 1.29 is 24.2 Å². The van der Waals surface area contributed by atoms with Gasteiger partial charge in [-0.05, 0) is 49.7 Å². The fourth-order valence-corrected chi connectivity index (χ4v) is 5.12. The molecule has 1 saturated carbocycles. The highest BCUT2D eigenvalue weighted by Gasteiger charge is 2.34. The number of benzene rings is 1. The van der Waals surface area contributed by atoms with Gasteiger partial charge in [0, 0.05) is 69.1 Å². The van der Waals surface area contributed by atoms with Crippen molar-refractivity contribution in [2.75, 3.05) is 40.1 Å². The molecule has 1 unspecified atom stereocenters. The molecular formula is C27H38N6O5. The average Bonchev–Trinajstić information content (AvgIpc) is 3.64. The lowest BCUT2D eigenvalue weighted by atomic mass is 10.0. The molecule has 2 amide bonds. The first-order valence-corrected chi connectivity index (χ1v) is 13.1. The predicted molar refractivity (Wildman–Crippen MR) is 144 cm³/mol. The number of H-pyrrole nitrogens is 1. The lowest BCUT2D eigenvalue weighted by Crippen LogP contribution is -2.40. The summed E-state index contributed by atoms with van der Waals surface area (Å²) in [4.78, 5) is 29.8. The van der Waals surface area contributed by atoms with Crippen molar-refractivity contribution in [3.05, 3.63) is 34.5 Å². The monoisotopic (exact) mass is 526 g/mol. The second-order valence-electron chi connectivity index (χ2n) is 10.2. The summed E-state index contributed by atoms with van der Waals surface area (Å²) in [5.74, 6) is 0.866. The minimum Gasteiger partial charge on any atom is -0.507 e. The van der Waals surface area contributed by atoms with Gasteiger partial charge in [0.1, 0.15) is 17.6 Å². The van der Waals surface area contributed by atoms with Crippen molar-refractivity contribution in [2.45, 2.75) is 57.5 Å². The number of amides is 2. The highest BCUT2D eigenvalue weighted by Crippen LogP contribution is 2.40. The Morgan fingerprint density at radius 3 is 2.71 bits per heavy atom. The minimum atomic E-state index is -0.375. The van der Waals surface area contributed by atoms with E-state index in [0.29, 0.717) is 42.9 Å². The van der Waals surface area contributed by atoms with Gasteiger partial charge in [0.05, 0.1) is 7.11 Å². The van der Waals surface area contributed by atoms with Crippen LogP contribution in [0.15, 0.2) is 17.1 Å². The standard InChI is InChI=1S/C27H38N6O5/c1-6-9-28-15-21-19-11-17(12-20(19)24(37-5)14-23(21)34)26(35)29-25-13-22(30-31-25)16-7-8-18(10-16)38-27(36)33(4)32(2)3/h13-18,34H,6-12H2,1-5H3,(H2,29,30,31,35)/t16-,17?,18+/m0/s1. The second-order valence-corrected chi connectivity index (χ2v) is 10.2. The minimum absolute atomic E-state index is 0.104. The highest BCUT2D eigenvalue weighted by molar-refractivity contribution is 5.94. The van der Waals surface area contributed by atoms with E-state index in [-0.39, 0.29) is 35.7 Å². The summed E-state index contributed by atoms with van der Waals surface area (Å²) < 4.78 is 11.1. The van der Waals surface area contributed by atoms with Gasteiger partial charge in [-0.3, -0.25) is 14.9 Å². The topological polar surface area (TPSA) is 132 Å². The lowest BCUT2D eigenvalue weighted by molar-refractivity contribution is -0.119. The number of carbonyl (C=O) groups is 2. The Morgan fingerprint density at radius 1 is 1.24 bits per heavy atom. The van der Waals surface area contributed by atoms with Crippen LogP contribution in [-0.2, 0) is 22.4 Å². The maximum Gasteiger partial charge on any atom is 0.424 e. The molecule has 0 saturated heterocycles. The molecule has 11 heteroatoms. The predicted octanol–water partition coefficient (Wildman–Crippen LogP) is 3.49. The van der Waals surface area contributed by atoms with Crippen LogP contribution in [0.4, 0.5) is 10.6 Å². The molecule has 11 nitrogen and oxygen atoms in total. The van der Waals surface area contributed by atoms with Crippen LogP contribution < -0.4 is 10.1 Å². The SMILES string of the molecule is CCCN=Cc1c(O)cc(OC)c2c1CC(C(=O)Nc1cc([C@H]3CC[C@@H](OC(=O)N(C)N(C)C)C3)[nH]n1)C2. The Bertz CT molecular complexity index is 1190. The van der Waals surface area contributed by atoms with Gasteiger partial charge in [-0.1, -0.05) is 6.92 Å². The van der Waals surface area contributed by atoms with Crippen molar-refractivity contribution in [1.29, 1.82) is 0 Å². The fourth-order valence-electron chi connectivity index (χ4n) is 5.12. The third kappa shape index (κ3) is 5.93. The molecule has 1 fully saturated rings. The smallest absolute Gasteiger partial charge is 0.424 e. The largest absolute Gasteiger partial charge is 0.507 e. The summed E-state index contributed by atoms with van der Waals surface area (Å²) in [5, 5.41) is 23.9. The maximum atomic E-state index is 13.2. The number of rotatable bonds is 9. The van der Waals surface area contributed by atoms with Crippen LogP contribution in [-0.4, -0.2) is 84.4 Å². The summed E-state index contributed by atoms with van der Waals surface area (Å²) in [6.45, 7) is 2.71. The van der Waals surface area contributed by atoms with Gasteiger partial charge in [-0.15, -0.1) is 0 Å². The number of nitrogens with one attached hydrogen (secondary N) is 2. The zero-order valence-corrected chi connectivity index (χ0v) is 22.8. The number of hydrazine groups is 1. The van der Waals surface area contributed by atoms with Crippen LogP contribution >= 0.6 is 0 Å². The van der Waals surface area contributed by atoms with Crippen LogP contribution in [0.25, 0.3) is 0 Å². The summed E-state index contributed by atoms with van der Waals surface area (Å²) >= 11 is 0. The van der Waals surface area contributed by atoms with E-state index in [4.69, 9.17) is 9.47 Å². The number of aliphatic imine (C=N–C) groups is 1. The van der Waals surface area contributed by atoms with E-state index >= 15 is 0 Å². The Labute approximate surface area is 223 Å². The molecule has 2 aliphatic carbocycles. The summed E-state index contributed by atoms with van der Waals surface area (Å²) in [7, 11) is 6.80. The van der Waals surface area contributed by atoms with E-state index in [2.05, 4.69) is 20.5 Å². The van der Waals surface area contributed by atoms with E-state index in [0.717, 1.165) is 36.1 Å². The average molecular weight is 527 g/mol. The molecule has 0 bridgehead atoms. The number of methoxy groups -OCH3 is 1. The van der Waals surface area contributed by atoms with Crippen molar-refractivity contribution in [3.8, 4) is 11.5 Å². The van der Waals surface area contributed by atoms with Crippen LogP contribution in [0.2, 0.25) is 0 Å². The number of ether oxygens (including phenoxy) is 2. The number of carbonyl (C=O) groups excluding carboxylic acids is 2. The number of fused-ring (bicyclic) bond motifs is 1. The van der Waals surface area contributed by atoms with Crippen LogP contribution in [0, 0.1) is 5.92 Å². The Kier molecular flexibility index (Phi) is 8.55. The van der Waals surface area contributed by atoms with E-state index in [9.17, 15) is 14.7 Å². The number of aromatic nitrogens is 2. The van der Waals surface area contributed by atoms with Gasteiger partial charge in [-0.2, -0.15) is 5.10 Å². The van der Waals surface area contributed by atoms with Crippen molar-refractivity contribution in [1.82, 2.24) is 20.2 Å². The number of aromatic hydroxyl groups is 1. The number of phenols is 1. The second kappa shape index (κ2) is 11.8. The van der Waals surface area contributed by atoms with Gasteiger partial charge in [0.25, 0.3) is 0 Å². The van der Waals surface area contributed by atoms with Crippen LogP contribution in [0.1, 0.15) is 60.9 Å². The first kappa shape index (κ1) is 27.4. The lowest BCUT2D eigenvalue weighted by Gasteiger charge is -2.25. The molecule has 2 aliphatic rings. The number of nitrogens with zero attached hydrogens (tertiary/aromatic N) is 4. The van der Waals surface area contributed by atoms with Gasteiger partial charge >= 0.3 is 6.09 Å². The molecule has 0 radical (unpaired) electrons. The molecule has 1 aromatic carbocycles. The molecule has 2 aromatic rings. The van der Waals surface area contributed by atoms with Crippen molar-refractivity contribution in [3.63, 3.8) is 0 Å². The van der Waals surface area contributed by atoms with E-state index in [1.165, 1.54) is 5.01 Å². The zero-order valence-electron chi connectivity index (χ0n) is 22.8. The molecule has 38 heavy (non-hydrogen) atoms. The maximum absolute atomic E-state index is 13.2. The molecular weight excluding hydrogens is 488 g/mol. The number of phenolic OH excluding ortho intramolecular Hbond substituents is 1. The molecule has 3 atom stereocenters. The molecule has 0 aliphatic heterocycles. The molecule has 206 valence electrons. The number of anilines is 1. The van der Waals surface area contributed by atoms with E-state index in [1.807, 2.05) is 13.0 Å². The summed E-state index contributed by atoms with van der Waals surface area (Å²) in [6, 6.07) is 3.45. The number of hydrogen-bond donors (Lipinski definition) is 3. The highest BCUT2D eigenvalue weighted by atomic mass is 16.6. The molecule has 1 aromatic heterocycles. The van der Waals surface area contributed by atoms with Gasteiger partial charge < -0.3 is 19.9 Å². The Morgan fingerprint density at radius 2 is 2.00 bits per heavy atom. The van der Waals surface area contributed by atoms with E-state index in [1.54, 1.807) is 45.5 Å². The van der Waals surface area contributed by atoms with Gasteiger partial charge in [0.15, 0.2) is 5.82 Å². The van der Waals surface area contributed by atoms with E-state index < -0.39 is 0 Å². The normalized spacial score (nSPS) is 20.6. The molecule has 4 rings (SSSR count). The first-order valence-electron chi connectivity index (χ1n) is 13.1. The zero-order chi connectivity index (χ0) is 27.4. The summed E-state index contributed by atoms with van der Waals surface area (Å²) in [5.41, 5.74) is 3.39. The van der Waals surface area contributed by atoms with Crippen LogP contribution in [0.5, 0.6) is 11.5 Å². The van der Waals surface area contributed by atoms with Crippen molar-refractivity contribution in [2.24, 2.45) is 10.9 Å². The third-order valence-electron chi connectivity index (χ3n) is 7.40. The molecule has 3 N–H and O–H groups in total. The quantitative estimate of drug-likeness (QED) is 0.337. The van der Waals surface area contributed by atoms with Gasteiger partial charge in [0.2, 0.25) is 5.91 Å². The number of hydrogen-bond acceptors (Lipinski definition) is 8. The fraction of sp³-hybridized carbons (Fsp3) is 0.556. The Hall–Kier alpha value is -3.60. The molecule has 0 spiro atoms. The van der Waals surface area contributed by atoms with Crippen LogP contribution in [0.3, 0.4) is 0 Å². The molecule has 1 heterocycles. The van der Waals surface area contributed by atoms with Gasteiger partial charge in [-0.25, -0.2) is 14.8 Å².